The van der Waals surface area contributed by atoms with E-state index in [-0.39, 0.29) is 48.6 Å². The largest absolute Gasteiger partial charge is 0.385 e. The Morgan fingerprint density at radius 2 is 1.98 bits per heavy atom. The highest BCUT2D eigenvalue weighted by atomic mass is 16.5. The van der Waals surface area contributed by atoms with Gasteiger partial charge in [-0.1, -0.05) is 42.0 Å². The van der Waals surface area contributed by atoms with E-state index in [0.29, 0.717) is 63.0 Å². The average molecular weight is 563 g/mol. The van der Waals surface area contributed by atoms with E-state index in [1.807, 2.05) is 9.80 Å². The molecule has 2 amide bonds. The Hall–Kier alpha value is -2.30. The van der Waals surface area contributed by atoms with Crippen LogP contribution >= 0.6 is 0 Å². The number of nitrogens with one attached hydrogen (secondary N) is 2. The van der Waals surface area contributed by atoms with E-state index in [4.69, 9.17) is 14.5 Å². The van der Waals surface area contributed by atoms with Gasteiger partial charge < -0.3 is 29.9 Å². The van der Waals surface area contributed by atoms with E-state index in [1.165, 1.54) is 0 Å². The van der Waals surface area contributed by atoms with E-state index >= 15 is 0 Å². The number of ether oxygens (including phenoxy) is 2. The first-order valence-corrected chi connectivity index (χ1v) is 14.5. The van der Waals surface area contributed by atoms with Gasteiger partial charge in [0.1, 0.15) is 17.2 Å². The highest BCUT2D eigenvalue weighted by Crippen LogP contribution is 2.27. The fraction of sp³-hybridized carbons (Fsp3) is 0.800. The van der Waals surface area contributed by atoms with Crippen molar-refractivity contribution in [3.8, 4) is 0 Å². The van der Waals surface area contributed by atoms with Crippen LogP contribution in [-0.4, -0.2) is 104 Å². The molecule has 10 nitrogen and oxygen atoms in total. The summed E-state index contributed by atoms with van der Waals surface area (Å²) in [6.07, 6.45) is 5.09. The number of hydrogen-bond acceptors (Lipinski definition) is 8. The number of aromatic nitrogens is 2. The maximum atomic E-state index is 14.2. The minimum atomic E-state index is -0.251. The second kappa shape index (κ2) is 15.6. The van der Waals surface area contributed by atoms with Gasteiger partial charge in [0, 0.05) is 71.2 Å². The molecule has 3 rings (SSSR count). The van der Waals surface area contributed by atoms with Crippen LogP contribution in [0, 0.1) is 11.8 Å². The van der Waals surface area contributed by atoms with E-state index in [0.717, 1.165) is 25.8 Å². The number of amides is 2. The maximum absolute atomic E-state index is 14.2. The number of nitrogens with zero attached hydrogens (tertiary/aromatic N) is 4. The summed E-state index contributed by atoms with van der Waals surface area (Å²) in [4.78, 5) is 41.0. The third-order valence-corrected chi connectivity index (χ3v) is 7.47. The molecule has 0 radical (unpaired) electrons. The monoisotopic (exact) mass is 562 g/mol. The zero-order chi connectivity index (χ0) is 28.6. The lowest BCUT2D eigenvalue weighted by atomic mass is 9.92. The smallest absolute Gasteiger partial charge is 0.259 e. The first kappa shape index (κ1) is 33.9. The molecule has 0 aliphatic carbocycles. The summed E-state index contributed by atoms with van der Waals surface area (Å²) in [5, 5.41) is 6.82. The Morgan fingerprint density at radius 1 is 1.23 bits per heavy atom. The van der Waals surface area contributed by atoms with E-state index in [1.54, 1.807) is 20.4 Å². The molecule has 2 fully saturated rings. The van der Waals surface area contributed by atoms with Crippen LogP contribution in [0.3, 0.4) is 0 Å². The van der Waals surface area contributed by atoms with Gasteiger partial charge >= 0.3 is 0 Å². The molecule has 3 atom stereocenters. The van der Waals surface area contributed by atoms with Gasteiger partial charge in [0.05, 0.1) is 18.6 Å². The van der Waals surface area contributed by atoms with Crippen molar-refractivity contribution in [2.45, 2.75) is 85.2 Å². The second-order valence-electron chi connectivity index (χ2n) is 12.4. The van der Waals surface area contributed by atoms with Gasteiger partial charge in [0.15, 0.2) is 0 Å². The molecule has 3 heterocycles. The van der Waals surface area contributed by atoms with Crippen molar-refractivity contribution in [2.75, 3.05) is 65.5 Å². The van der Waals surface area contributed by atoms with Gasteiger partial charge in [-0.2, -0.15) is 0 Å². The molecule has 0 aromatic carbocycles. The maximum Gasteiger partial charge on any atom is 0.259 e. The Morgan fingerprint density at radius 3 is 2.62 bits per heavy atom. The Balaban J connectivity index is 0.00000560. The lowest BCUT2D eigenvalue weighted by molar-refractivity contribution is -0.138. The summed E-state index contributed by atoms with van der Waals surface area (Å²) >= 11 is 0. The predicted molar refractivity (Wildman–Crippen MR) is 160 cm³/mol. The summed E-state index contributed by atoms with van der Waals surface area (Å²) in [6, 6.07) is 0.0382. The number of hydrogen-bond donors (Lipinski definition) is 2. The first-order valence-electron chi connectivity index (χ1n) is 14.5. The molecule has 0 spiro atoms. The molecule has 10 heteroatoms. The Kier molecular flexibility index (Phi) is 13.3. The standard InChI is InChI=1S/C29H50N6O4.CH4/c1-20(2)18-35(23-14-21(15-30-16-23)26(36)34-12-8-10-22(34)19-39-7)27(37)24-17-32-28(29(3,4)5)33-25(24)31-11-9-13-38-6;/h17,20-23,30H,8-16,18-19H2,1-7H3,(H,31,32,33);1H4/t21-,22+,23+;/m1./s1. The minimum absolute atomic E-state index is 0. The lowest BCUT2D eigenvalue weighted by Gasteiger charge is -2.40. The number of likely N-dealkylation sites (tertiary alicyclic amines) is 1. The predicted octanol–water partition coefficient (Wildman–Crippen LogP) is 3.57. The van der Waals surface area contributed by atoms with Crippen LogP contribution in [-0.2, 0) is 19.7 Å². The number of carbonyl (C=O) groups excluding carboxylic acids is 2. The van der Waals surface area contributed by atoms with Gasteiger partial charge in [0.2, 0.25) is 5.91 Å². The van der Waals surface area contributed by atoms with Crippen molar-refractivity contribution < 1.29 is 19.1 Å². The van der Waals surface area contributed by atoms with Crippen molar-refractivity contribution in [3.05, 3.63) is 17.6 Å². The molecule has 2 aliphatic heterocycles. The van der Waals surface area contributed by atoms with E-state index in [9.17, 15) is 9.59 Å². The fourth-order valence-corrected chi connectivity index (χ4v) is 5.47. The molecule has 228 valence electrons. The van der Waals surface area contributed by atoms with Gasteiger partial charge in [-0.15, -0.1) is 0 Å². The molecule has 0 saturated carbocycles. The minimum Gasteiger partial charge on any atom is -0.385 e. The molecule has 40 heavy (non-hydrogen) atoms. The molecule has 2 aliphatic rings. The quantitative estimate of drug-likeness (QED) is 0.372. The van der Waals surface area contributed by atoms with Crippen LogP contribution in [0.4, 0.5) is 5.82 Å². The molecule has 0 bridgehead atoms. The van der Waals surface area contributed by atoms with Gasteiger partial charge in [-0.25, -0.2) is 9.97 Å². The molecule has 2 N–H and O–H groups in total. The van der Waals surface area contributed by atoms with Crippen LogP contribution < -0.4 is 10.6 Å². The number of rotatable bonds is 12. The molecule has 2 saturated heterocycles. The van der Waals surface area contributed by atoms with Crippen molar-refractivity contribution in [3.63, 3.8) is 0 Å². The van der Waals surface area contributed by atoms with Gasteiger partial charge in [-0.05, 0) is 31.6 Å². The van der Waals surface area contributed by atoms with Gasteiger partial charge in [-0.3, -0.25) is 9.59 Å². The number of piperidine rings is 1. The molecule has 0 unspecified atom stereocenters. The van der Waals surface area contributed by atoms with Crippen LogP contribution in [0.1, 0.15) is 83.9 Å². The molecule has 1 aromatic rings. The molecule has 1 aromatic heterocycles. The number of methoxy groups -OCH3 is 2. The van der Waals surface area contributed by atoms with Crippen LogP contribution in [0.25, 0.3) is 0 Å². The SMILES string of the molecule is C.COCCCNc1nc(C(C)(C)C)ncc1C(=O)N(CC(C)C)[C@@H]1CNC[C@H](C(=O)N2CCC[C@H]2COC)C1. The highest BCUT2D eigenvalue weighted by Gasteiger charge is 2.38. The van der Waals surface area contributed by atoms with Gasteiger partial charge in [0.25, 0.3) is 5.91 Å². The highest BCUT2D eigenvalue weighted by molar-refractivity contribution is 5.98. The zero-order valence-electron chi connectivity index (χ0n) is 25.1. The Bertz CT molecular complexity index is 951. The third kappa shape index (κ3) is 8.85. The van der Waals surface area contributed by atoms with Crippen molar-refractivity contribution in [1.82, 2.24) is 25.1 Å². The third-order valence-electron chi connectivity index (χ3n) is 7.47. The Labute approximate surface area is 242 Å². The van der Waals surface area contributed by atoms with E-state index in [2.05, 4.69) is 50.2 Å². The van der Waals surface area contributed by atoms with E-state index < -0.39 is 0 Å². The van der Waals surface area contributed by atoms with Crippen molar-refractivity contribution in [2.24, 2.45) is 11.8 Å². The number of anilines is 1. The first-order chi connectivity index (χ1) is 18.6. The molecular weight excluding hydrogens is 508 g/mol. The number of carbonyl (C=O) groups is 2. The fourth-order valence-electron chi connectivity index (χ4n) is 5.47. The summed E-state index contributed by atoms with van der Waals surface area (Å²) in [6.45, 7) is 14.9. The second-order valence-corrected chi connectivity index (χ2v) is 12.4. The lowest BCUT2D eigenvalue weighted by Crippen LogP contribution is -2.55. The zero-order valence-corrected chi connectivity index (χ0v) is 25.1. The summed E-state index contributed by atoms with van der Waals surface area (Å²) in [7, 11) is 3.37. The topological polar surface area (TPSA) is 109 Å². The normalized spacial score (nSPS) is 21.3. The summed E-state index contributed by atoms with van der Waals surface area (Å²) in [5.41, 5.74) is 0.216. The summed E-state index contributed by atoms with van der Waals surface area (Å²) < 4.78 is 10.6. The van der Waals surface area contributed by atoms with Crippen LogP contribution in [0.5, 0.6) is 0 Å². The summed E-state index contributed by atoms with van der Waals surface area (Å²) in [5.74, 6) is 1.40. The van der Waals surface area contributed by atoms with Crippen LogP contribution in [0.2, 0.25) is 0 Å². The average Bonchev–Trinajstić information content (AvgIpc) is 3.37. The van der Waals surface area contributed by atoms with Crippen molar-refractivity contribution >= 4 is 17.6 Å². The molecular formula is C30H54N6O4. The van der Waals surface area contributed by atoms with Crippen LogP contribution in [0.15, 0.2) is 6.20 Å². The van der Waals surface area contributed by atoms with Crippen molar-refractivity contribution in [1.29, 1.82) is 0 Å².